The third-order valence-electron chi connectivity index (χ3n) is 3.88. The molecule has 1 N–H and O–H groups in total. The van der Waals surface area contributed by atoms with Gasteiger partial charge in [-0.15, -0.1) is 11.8 Å². The van der Waals surface area contributed by atoms with Gasteiger partial charge in [0.25, 0.3) is 0 Å². The van der Waals surface area contributed by atoms with Crippen LogP contribution < -0.4 is 10.1 Å². The van der Waals surface area contributed by atoms with E-state index in [9.17, 15) is 4.79 Å². The minimum absolute atomic E-state index is 0.0896. The lowest BCUT2D eigenvalue weighted by molar-refractivity contribution is -0.120. The fourth-order valence-corrected chi connectivity index (χ4v) is 3.33. The van der Waals surface area contributed by atoms with Crippen molar-refractivity contribution >= 4 is 17.7 Å². The molecule has 4 heteroatoms. The highest BCUT2D eigenvalue weighted by Gasteiger charge is 2.13. The summed E-state index contributed by atoms with van der Waals surface area (Å²) in [6, 6.07) is 16.4. The topological polar surface area (TPSA) is 38.3 Å². The van der Waals surface area contributed by atoms with Gasteiger partial charge in [-0.2, -0.15) is 0 Å². The van der Waals surface area contributed by atoms with Crippen molar-refractivity contribution in [1.82, 2.24) is 5.32 Å². The molecule has 134 valence electrons. The monoisotopic (exact) mass is 357 g/mol. The maximum absolute atomic E-state index is 12.2. The normalized spacial score (nSPS) is 11.8. The first-order valence-electron chi connectivity index (χ1n) is 8.81. The number of hydrogen-bond acceptors (Lipinski definition) is 3. The average Bonchev–Trinajstić information content (AvgIpc) is 2.62. The molecule has 1 amide bonds. The number of hydrogen-bond donors (Lipinski definition) is 1. The Morgan fingerprint density at radius 1 is 1.12 bits per heavy atom. The van der Waals surface area contributed by atoms with Crippen LogP contribution in [-0.2, 0) is 11.2 Å². The van der Waals surface area contributed by atoms with E-state index in [0.717, 1.165) is 23.5 Å². The van der Waals surface area contributed by atoms with Crippen LogP contribution in [0.2, 0.25) is 0 Å². The summed E-state index contributed by atoms with van der Waals surface area (Å²) in [4.78, 5) is 13.3. The molecular formula is C21H27NO2S. The Morgan fingerprint density at radius 3 is 2.44 bits per heavy atom. The highest BCUT2D eigenvalue weighted by Crippen LogP contribution is 2.23. The van der Waals surface area contributed by atoms with Crippen LogP contribution in [0.15, 0.2) is 53.4 Å². The van der Waals surface area contributed by atoms with Crippen molar-refractivity contribution in [3.8, 4) is 5.75 Å². The average molecular weight is 358 g/mol. The number of ether oxygens (including phenoxy) is 1. The first-order chi connectivity index (χ1) is 12.1. The lowest BCUT2D eigenvalue weighted by atomic mass is 10.1. The maximum Gasteiger partial charge on any atom is 0.233 e. The van der Waals surface area contributed by atoms with E-state index in [2.05, 4.69) is 48.6 Å². The lowest BCUT2D eigenvalue weighted by Crippen LogP contribution is -2.31. The molecule has 0 heterocycles. The van der Waals surface area contributed by atoms with Gasteiger partial charge in [0.05, 0.1) is 11.9 Å². The molecule has 0 aliphatic rings. The summed E-state index contributed by atoms with van der Waals surface area (Å²) in [6.45, 7) is 7.38. The lowest BCUT2D eigenvalue weighted by Gasteiger charge is -2.12. The summed E-state index contributed by atoms with van der Waals surface area (Å²) < 4.78 is 5.44. The van der Waals surface area contributed by atoms with Crippen molar-refractivity contribution in [2.45, 2.75) is 43.8 Å². The van der Waals surface area contributed by atoms with Gasteiger partial charge in [0, 0.05) is 11.4 Å². The quantitative estimate of drug-likeness (QED) is 0.525. The molecule has 2 aromatic carbocycles. The van der Waals surface area contributed by atoms with E-state index in [4.69, 9.17) is 4.74 Å². The van der Waals surface area contributed by atoms with Crippen LogP contribution in [0.3, 0.4) is 0 Å². The Kier molecular flexibility index (Phi) is 7.86. The molecule has 0 bridgehead atoms. The summed E-state index contributed by atoms with van der Waals surface area (Å²) in [7, 11) is 0. The Hall–Kier alpha value is -1.94. The van der Waals surface area contributed by atoms with E-state index < -0.39 is 0 Å². The first-order valence-corrected chi connectivity index (χ1v) is 9.69. The Morgan fingerprint density at radius 2 is 1.80 bits per heavy atom. The molecule has 0 aliphatic carbocycles. The minimum Gasteiger partial charge on any atom is -0.494 e. The molecular weight excluding hydrogens is 330 g/mol. The Bertz CT molecular complexity index is 653. The number of carbonyl (C=O) groups is 1. The smallest absolute Gasteiger partial charge is 0.233 e. The second-order valence-electron chi connectivity index (χ2n) is 6.04. The molecule has 0 fully saturated rings. The molecule has 3 nitrogen and oxygen atoms in total. The summed E-state index contributed by atoms with van der Waals surface area (Å²) >= 11 is 1.60. The highest BCUT2D eigenvalue weighted by molar-refractivity contribution is 8.00. The number of nitrogens with one attached hydrogen (secondary N) is 1. The second kappa shape index (κ2) is 10.1. The Labute approximate surface area is 155 Å². The zero-order valence-electron chi connectivity index (χ0n) is 15.2. The highest BCUT2D eigenvalue weighted by atomic mass is 32.2. The maximum atomic E-state index is 12.2. The number of rotatable bonds is 9. The standard InChI is InChI=1S/C21H27NO2S/c1-4-24-19-11-9-18(10-12-19)6-5-15-22-21(23)17(3)25-20-13-7-16(2)8-14-20/h7-14,17H,4-6,15H2,1-3H3,(H,22,23). The van der Waals surface area contributed by atoms with Crippen molar-refractivity contribution in [3.05, 3.63) is 59.7 Å². The largest absolute Gasteiger partial charge is 0.494 e. The summed E-state index contributed by atoms with van der Waals surface area (Å²) in [5.41, 5.74) is 2.50. The second-order valence-corrected chi connectivity index (χ2v) is 7.46. The van der Waals surface area contributed by atoms with Crippen LogP contribution in [0.5, 0.6) is 5.75 Å². The number of aryl methyl sites for hydroxylation is 2. The molecule has 0 spiro atoms. The number of benzene rings is 2. The van der Waals surface area contributed by atoms with Crippen molar-refractivity contribution in [3.63, 3.8) is 0 Å². The predicted octanol–water partition coefficient (Wildman–Crippen LogP) is 4.62. The van der Waals surface area contributed by atoms with Crippen LogP contribution in [0, 0.1) is 6.92 Å². The molecule has 0 radical (unpaired) electrons. The van der Waals surface area contributed by atoms with Gasteiger partial charge in [-0.3, -0.25) is 4.79 Å². The van der Waals surface area contributed by atoms with E-state index >= 15 is 0 Å². The van der Waals surface area contributed by atoms with Gasteiger partial charge in [-0.05, 0) is 63.4 Å². The van der Waals surface area contributed by atoms with Crippen molar-refractivity contribution in [2.24, 2.45) is 0 Å². The molecule has 0 saturated carbocycles. The molecule has 1 atom stereocenters. The third-order valence-corrected chi connectivity index (χ3v) is 4.99. The SMILES string of the molecule is CCOc1ccc(CCCNC(=O)C(C)Sc2ccc(C)cc2)cc1. The van der Waals surface area contributed by atoms with E-state index in [1.807, 2.05) is 26.0 Å². The van der Waals surface area contributed by atoms with Crippen molar-refractivity contribution < 1.29 is 9.53 Å². The van der Waals surface area contributed by atoms with Crippen LogP contribution in [-0.4, -0.2) is 24.3 Å². The zero-order valence-corrected chi connectivity index (χ0v) is 16.1. The van der Waals surface area contributed by atoms with Crippen LogP contribution in [0.25, 0.3) is 0 Å². The molecule has 0 saturated heterocycles. The first kappa shape index (κ1) is 19.4. The molecule has 0 aromatic heterocycles. The summed E-state index contributed by atoms with van der Waals surface area (Å²) in [5.74, 6) is 0.999. The van der Waals surface area contributed by atoms with Gasteiger partial charge < -0.3 is 10.1 Å². The zero-order chi connectivity index (χ0) is 18.1. The van der Waals surface area contributed by atoms with Gasteiger partial charge in [0.15, 0.2) is 0 Å². The van der Waals surface area contributed by atoms with Crippen molar-refractivity contribution in [2.75, 3.05) is 13.2 Å². The van der Waals surface area contributed by atoms with E-state index in [1.54, 1.807) is 11.8 Å². The Balaban J connectivity index is 1.68. The van der Waals surface area contributed by atoms with E-state index in [-0.39, 0.29) is 11.2 Å². The van der Waals surface area contributed by atoms with Crippen LogP contribution in [0.4, 0.5) is 0 Å². The number of amides is 1. The number of thioether (sulfide) groups is 1. The summed E-state index contributed by atoms with van der Waals surface area (Å²) in [6.07, 6.45) is 1.88. The molecule has 2 rings (SSSR count). The van der Waals surface area contributed by atoms with E-state index in [0.29, 0.717) is 13.2 Å². The fraction of sp³-hybridized carbons (Fsp3) is 0.381. The van der Waals surface area contributed by atoms with Gasteiger partial charge in [0.2, 0.25) is 5.91 Å². The van der Waals surface area contributed by atoms with Crippen molar-refractivity contribution in [1.29, 1.82) is 0 Å². The van der Waals surface area contributed by atoms with Gasteiger partial charge in [0.1, 0.15) is 5.75 Å². The third kappa shape index (κ3) is 6.83. The molecule has 1 unspecified atom stereocenters. The van der Waals surface area contributed by atoms with Gasteiger partial charge in [-0.25, -0.2) is 0 Å². The molecule has 25 heavy (non-hydrogen) atoms. The van der Waals surface area contributed by atoms with Gasteiger partial charge in [-0.1, -0.05) is 29.8 Å². The molecule has 0 aliphatic heterocycles. The minimum atomic E-state index is -0.0896. The summed E-state index contributed by atoms with van der Waals surface area (Å²) in [5, 5.41) is 2.94. The van der Waals surface area contributed by atoms with Crippen LogP contribution in [0.1, 0.15) is 31.4 Å². The molecule has 2 aromatic rings. The predicted molar refractivity (Wildman–Crippen MR) is 105 cm³/mol. The van der Waals surface area contributed by atoms with E-state index in [1.165, 1.54) is 11.1 Å². The van der Waals surface area contributed by atoms with Gasteiger partial charge >= 0.3 is 0 Å². The van der Waals surface area contributed by atoms with Crippen LogP contribution >= 0.6 is 11.8 Å². The number of carbonyl (C=O) groups excluding carboxylic acids is 1. The fourth-order valence-electron chi connectivity index (χ4n) is 2.44.